The number of aliphatic hydroxyl groups is 1. The second kappa shape index (κ2) is 17.9. The van der Waals surface area contributed by atoms with Crippen LogP contribution in [-0.2, 0) is 65.5 Å². The van der Waals surface area contributed by atoms with Crippen LogP contribution < -0.4 is 15.4 Å². The van der Waals surface area contributed by atoms with Gasteiger partial charge in [-0.1, -0.05) is 18.7 Å². The van der Waals surface area contributed by atoms with Crippen LogP contribution in [0.3, 0.4) is 0 Å². The van der Waals surface area contributed by atoms with E-state index in [1.165, 1.54) is 24.3 Å². The highest BCUT2D eigenvalue weighted by Gasteiger charge is 2.56. The molecule has 5 atom stereocenters. The third-order valence-electron chi connectivity index (χ3n) is 6.02. The largest absolute Gasteiger partial charge is 0.460 e. The summed E-state index contributed by atoms with van der Waals surface area (Å²) in [5.41, 5.74) is 0.0719. The highest BCUT2D eigenvalue weighted by atomic mass is 16.7. The summed E-state index contributed by atoms with van der Waals surface area (Å²) in [5.74, 6) is -3.98. The molecule has 2 amide bonds. The van der Waals surface area contributed by atoms with Crippen molar-refractivity contribution in [2.24, 2.45) is 0 Å². The molecule has 260 valence electrons. The lowest BCUT2D eigenvalue weighted by Gasteiger charge is -2.43. The van der Waals surface area contributed by atoms with Crippen LogP contribution in [0.5, 0.6) is 5.75 Å². The van der Waals surface area contributed by atoms with E-state index >= 15 is 0 Å². The third kappa shape index (κ3) is 12.9. The fourth-order valence-corrected chi connectivity index (χ4v) is 4.27. The number of hydrogen-bond acceptors (Lipinski definition) is 14. The van der Waals surface area contributed by atoms with Crippen molar-refractivity contribution >= 4 is 35.9 Å². The minimum absolute atomic E-state index is 0.00879. The molecular weight excluding hydrogens is 624 g/mol. The van der Waals surface area contributed by atoms with Gasteiger partial charge < -0.3 is 48.9 Å². The Balaban J connectivity index is 2.38. The van der Waals surface area contributed by atoms with Crippen LogP contribution in [0.4, 0.5) is 4.79 Å². The fourth-order valence-electron chi connectivity index (χ4n) is 4.27. The zero-order valence-electron chi connectivity index (χ0n) is 27.2. The summed E-state index contributed by atoms with van der Waals surface area (Å²) < 4.78 is 38.3. The molecule has 1 heterocycles. The first-order valence-corrected chi connectivity index (χ1v) is 14.6. The number of hydrogen-bond donors (Lipinski definition) is 3. The van der Waals surface area contributed by atoms with Crippen LogP contribution in [0.2, 0.25) is 0 Å². The first-order valence-electron chi connectivity index (χ1n) is 14.6. The van der Waals surface area contributed by atoms with Crippen LogP contribution in [0, 0.1) is 0 Å². The van der Waals surface area contributed by atoms with Crippen LogP contribution >= 0.6 is 0 Å². The van der Waals surface area contributed by atoms with Crippen molar-refractivity contribution in [3.8, 4) is 5.75 Å². The standard InChI is InChI=1S/C31H42N2O14/c1-8-13-41-28(39)26-24(42-17(2)35)25(43-18(3)36)27(44-19(4)37)29(46-26)45-22-10-9-20(16-34)14-21(22)15-33-23(38)11-12-32-30(40)47-31(5,6)7/h8-10,14,24-27,29,34H,1,11-13,15-16H2,2-7H3,(H,32,40)(H,33,38)/t24-,25-,26-,27+,29+/m0/s1. The minimum atomic E-state index is -1.71. The van der Waals surface area contributed by atoms with E-state index in [0.717, 1.165) is 20.8 Å². The topological polar surface area (TPSA) is 211 Å². The molecule has 1 aliphatic heterocycles. The molecule has 1 aromatic rings. The van der Waals surface area contributed by atoms with Gasteiger partial charge in [0.05, 0.1) is 6.61 Å². The van der Waals surface area contributed by atoms with E-state index < -0.39 is 72.2 Å². The smallest absolute Gasteiger partial charge is 0.407 e. The number of rotatable bonds is 14. The van der Waals surface area contributed by atoms with Crippen molar-refractivity contribution < 1.29 is 67.0 Å². The summed E-state index contributed by atoms with van der Waals surface area (Å²) in [4.78, 5) is 73.7. The van der Waals surface area contributed by atoms with Crippen LogP contribution in [-0.4, -0.2) is 90.4 Å². The van der Waals surface area contributed by atoms with Crippen molar-refractivity contribution in [3.63, 3.8) is 0 Å². The average molecular weight is 667 g/mol. The van der Waals surface area contributed by atoms with Gasteiger partial charge in [0.25, 0.3) is 0 Å². The highest BCUT2D eigenvalue weighted by Crippen LogP contribution is 2.32. The van der Waals surface area contributed by atoms with Gasteiger partial charge in [-0.15, -0.1) is 0 Å². The Bertz CT molecular complexity index is 1310. The lowest BCUT2D eigenvalue weighted by atomic mass is 9.97. The molecule has 0 aliphatic carbocycles. The Labute approximate surface area is 272 Å². The van der Waals surface area contributed by atoms with Crippen LogP contribution in [0.25, 0.3) is 0 Å². The molecule has 2 rings (SSSR count). The zero-order valence-corrected chi connectivity index (χ0v) is 27.2. The Kier molecular flexibility index (Phi) is 14.6. The summed E-state index contributed by atoms with van der Waals surface area (Å²) in [6.45, 7) is 11.0. The second-order valence-electron chi connectivity index (χ2n) is 11.2. The Morgan fingerprint density at radius 3 is 2.13 bits per heavy atom. The molecule has 0 aromatic heterocycles. The monoisotopic (exact) mass is 666 g/mol. The summed E-state index contributed by atoms with van der Waals surface area (Å²) in [6.07, 6.45) is -7.60. The SMILES string of the molecule is C=CCOC(=O)[C@H]1O[C@@H](Oc2ccc(CO)cc2CNC(=O)CCNC(=O)OC(C)(C)C)[C@H](OC(C)=O)[C@@H](OC(C)=O)[C@@H]1OC(C)=O. The van der Waals surface area contributed by atoms with E-state index in [-0.39, 0.29) is 38.5 Å². The number of nitrogens with one attached hydrogen (secondary N) is 2. The van der Waals surface area contributed by atoms with Gasteiger partial charge in [0.1, 0.15) is 18.0 Å². The molecule has 3 N–H and O–H groups in total. The molecule has 47 heavy (non-hydrogen) atoms. The van der Waals surface area contributed by atoms with Gasteiger partial charge in [-0.25, -0.2) is 9.59 Å². The molecule has 0 unspecified atom stereocenters. The van der Waals surface area contributed by atoms with Gasteiger partial charge in [-0.3, -0.25) is 19.2 Å². The maximum absolute atomic E-state index is 13.0. The van der Waals surface area contributed by atoms with Crippen molar-refractivity contribution in [3.05, 3.63) is 42.0 Å². The number of aliphatic hydroxyl groups excluding tert-OH is 1. The molecule has 0 spiro atoms. The molecule has 1 aromatic carbocycles. The van der Waals surface area contributed by atoms with Crippen molar-refractivity contribution in [2.45, 2.75) is 97.4 Å². The molecule has 1 saturated heterocycles. The van der Waals surface area contributed by atoms with E-state index in [1.807, 2.05) is 0 Å². The van der Waals surface area contributed by atoms with Gasteiger partial charge in [0, 0.05) is 45.8 Å². The predicted molar refractivity (Wildman–Crippen MR) is 160 cm³/mol. The third-order valence-corrected chi connectivity index (χ3v) is 6.02. The number of carbonyl (C=O) groups excluding carboxylic acids is 6. The fraction of sp³-hybridized carbons (Fsp3) is 0.548. The Morgan fingerprint density at radius 2 is 1.55 bits per heavy atom. The summed E-state index contributed by atoms with van der Waals surface area (Å²) in [6, 6.07) is 4.48. The van der Waals surface area contributed by atoms with Crippen LogP contribution in [0.15, 0.2) is 30.9 Å². The molecule has 0 saturated carbocycles. The normalized spacial score (nSPS) is 20.5. The van der Waals surface area contributed by atoms with E-state index in [2.05, 4.69) is 17.2 Å². The lowest BCUT2D eigenvalue weighted by molar-refractivity contribution is -0.282. The molecule has 1 fully saturated rings. The lowest BCUT2D eigenvalue weighted by Crippen LogP contribution is -2.64. The average Bonchev–Trinajstić information content (AvgIpc) is 2.96. The second-order valence-corrected chi connectivity index (χ2v) is 11.2. The quantitative estimate of drug-likeness (QED) is 0.145. The first-order chi connectivity index (χ1) is 22.0. The molecule has 16 nitrogen and oxygen atoms in total. The number of esters is 4. The Hall–Kier alpha value is -4.70. The minimum Gasteiger partial charge on any atom is -0.460 e. The van der Waals surface area contributed by atoms with E-state index in [9.17, 15) is 33.9 Å². The first kappa shape index (κ1) is 38.5. The van der Waals surface area contributed by atoms with Crippen molar-refractivity contribution in [2.75, 3.05) is 13.2 Å². The van der Waals surface area contributed by atoms with E-state index in [4.69, 9.17) is 33.2 Å². The number of ether oxygens (including phenoxy) is 7. The number of benzene rings is 1. The highest BCUT2D eigenvalue weighted by molar-refractivity contribution is 5.78. The zero-order chi connectivity index (χ0) is 35.3. The van der Waals surface area contributed by atoms with Crippen LogP contribution in [0.1, 0.15) is 59.1 Å². The van der Waals surface area contributed by atoms with E-state index in [0.29, 0.717) is 11.1 Å². The van der Waals surface area contributed by atoms with Crippen molar-refractivity contribution in [1.29, 1.82) is 0 Å². The van der Waals surface area contributed by atoms with Crippen molar-refractivity contribution in [1.82, 2.24) is 10.6 Å². The molecule has 0 bridgehead atoms. The van der Waals surface area contributed by atoms with Gasteiger partial charge >= 0.3 is 30.0 Å². The van der Waals surface area contributed by atoms with E-state index in [1.54, 1.807) is 20.8 Å². The maximum atomic E-state index is 13.0. The van der Waals surface area contributed by atoms with Gasteiger partial charge in [0.15, 0.2) is 18.3 Å². The van der Waals surface area contributed by atoms with Gasteiger partial charge in [0.2, 0.25) is 18.3 Å². The molecular formula is C31H42N2O14. The number of alkyl carbamates (subject to hydrolysis) is 1. The molecule has 0 radical (unpaired) electrons. The molecule has 16 heteroatoms. The summed E-state index contributed by atoms with van der Waals surface area (Å²) >= 11 is 0. The number of carbonyl (C=O) groups is 6. The molecule has 1 aliphatic rings. The maximum Gasteiger partial charge on any atom is 0.407 e. The van der Waals surface area contributed by atoms with Gasteiger partial charge in [-0.2, -0.15) is 0 Å². The Morgan fingerprint density at radius 1 is 0.936 bits per heavy atom. The predicted octanol–water partition coefficient (Wildman–Crippen LogP) is 1.34. The number of amides is 2. The summed E-state index contributed by atoms with van der Waals surface area (Å²) in [5, 5.41) is 14.9. The summed E-state index contributed by atoms with van der Waals surface area (Å²) in [7, 11) is 0. The van der Waals surface area contributed by atoms with Gasteiger partial charge in [-0.05, 0) is 38.5 Å².